The summed E-state index contributed by atoms with van der Waals surface area (Å²) in [4.78, 5) is 46.6. The van der Waals surface area contributed by atoms with Gasteiger partial charge in [-0.1, -0.05) is 25.6 Å². The van der Waals surface area contributed by atoms with Gasteiger partial charge in [-0.3, -0.25) is 14.4 Å². The maximum absolute atomic E-state index is 11.9. The highest BCUT2D eigenvalue weighted by molar-refractivity contribution is 8.14. The Morgan fingerprint density at radius 1 is 1.22 bits per heavy atom. The molecule has 2 unspecified atom stereocenters. The number of hydrogen-bond donors (Lipinski definition) is 1. The number of aldehydes is 1. The summed E-state index contributed by atoms with van der Waals surface area (Å²) in [6, 6.07) is 0. The Hall–Kier alpha value is -1.41. The van der Waals surface area contributed by atoms with Crippen molar-refractivity contribution in [3.05, 3.63) is 0 Å². The summed E-state index contributed by atoms with van der Waals surface area (Å²) in [5, 5.41) is 1.61. The number of thioether (sulfide) groups is 1. The molecule has 132 valence electrons. The van der Waals surface area contributed by atoms with Crippen LogP contribution in [0.1, 0.15) is 40.5 Å². The summed E-state index contributed by atoms with van der Waals surface area (Å²) >= 11 is 0.822. The highest BCUT2D eigenvalue weighted by atomic mass is 32.2. The third kappa shape index (κ3) is 7.60. The zero-order chi connectivity index (χ0) is 17.9. The Kier molecular flexibility index (Phi) is 10.5. The molecule has 0 heterocycles. The molecule has 0 rings (SSSR count). The van der Waals surface area contributed by atoms with Crippen molar-refractivity contribution in [1.29, 1.82) is 0 Å². The standard InChI is InChI=1S/C15H25NO6S/c1-5-12(18)16-15(9-17,10-21-6-2)11(4)23-14(20)8-13(19)22-7-3/h9,11H,5-8,10H2,1-4H3,(H,16,18). The van der Waals surface area contributed by atoms with E-state index < -0.39 is 21.9 Å². The van der Waals surface area contributed by atoms with Gasteiger partial charge >= 0.3 is 5.97 Å². The molecule has 0 spiro atoms. The monoisotopic (exact) mass is 347 g/mol. The highest BCUT2D eigenvalue weighted by Gasteiger charge is 2.39. The number of hydrogen-bond acceptors (Lipinski definition) is 7. The minimum absolute atomic E-state index is 0.0421. The van der Waals surface area contributed by atoms with Crippen molar-refractivity contribution in [2.24, 2.45) is 0 Å². The van der Waals surface area contributed by atoms with Crippen LogP contribution in [0, 0.1) is 0 Å². The van der Waals surface area contributed by atoms with Gasteiger partial charge in [-0.05, 0) is 13.8 Å². The van der Waals surface area contributed by atoms with Crippen molar-refractivity contribution in [3.63, 3.8) is 0 Å². The van der Waals surface area contributed by atoms with Gasteiger partial charge in [0.05, 0.1) is 13.2 Å². The van der Waals surface area contributed by atoms with Gasteiger partial charge in [0.2, 0.25) is 5.91 Å². The van der Waals surface area contributed by atoms with Crippen LogP contribution in [-0.2, 0) is 28.7 Å². The van der Waals surface area contributed by atoms with Crippen LogP contribution in [0.3, 0.4) is 0 Å². The second kappa shape index (κ2) is 11.2. The topological polar surface area (TPSA) is 98.8 Å². The molecule has 2 atom stereocenters. The molecular formula is C15H25NO6S. The first-order valence-corrected chi connectivity index (χ1v) is 8.43. The van der Waals surface area contributed by atoms with Crippen LogP contribution in [0.4, 0.5) is 0 Å². The van der Waals surface area contributed by atoms with Crippen LogP contribution in [0.25, 0.3) is 0 Å². The maximum atomic E-state index is 11.9. The van der Waals surface area contributed by atoms with Gasteiger partial charge in [0, 0.05) is 18.3 Å². The predicted octanol–water partition coefficient (Wildman–Crippen LogP) is 1.09. The first kappa shape index (κ1) is 21.6. The lowest BCUT2D eigenvalue weighted by molar-refractivity contribution is -0.144. The molecule has 0 aliphatic rings. The molecule has 23 heavy (non-hydrogen) atoms. The fraction of sp³-hybridized carbons (Fsp3) is 0.733. The lowest BCUT2D eigenvalue weighted by Gasteiger charge is -2.33. The quantitative estimate of drug-likeness (QED) is 0.339. The molecule has 1 amide bonds. The van der Waals surface area contributed by atoms with Crippen LogP contribution < -0.4 is 5.32 Å². The molecular weight excluding hydrogens is 322 g/mol. The van der Waals surface area contributed by atoms with E-state index in [0.29, 0.717) is 12.9 Å². The Balaban J connectivity index is 4.99. The van der Waals surface area contributed by atoms with Gasteiger partial charge in [0.15, 0.2) is 5.12 Å². The molecule has 0 aromatic rings. The first-order chi connectivity index (χ1) is 10.8. The van der Waals surface area contributed by atoms with E-state index in [-0.39, 0.29) is 32.0 Å². The van der Waals surface area contributed by atoms with E-state index in [2.05, 4.69) is 5.32 Å². The van der Waals surface area contributed by atoms with Gasteiger partial charge in [0.1, 0.15) is 18.2 Å². The van der Waals surface area contributed by atoms with E-state index in [0.717, 1.165) is 11.8 Å². The van der Waals surface area contributed by atoms with Gasteiger partial charge in [-0.15, -0.1) is 0 Å². The predicted molar refractivity (Wildman–Crippen MR) is 87.0 cm³/mol. The molecule has 0 saturated carbocycles. The Bertz CT molecular complexity index is 428. The molecule has 0 fully saturated rings. The lowest BCUT2D eigenvalue weighted by atomic mass is 9.98. The van der Waals surface area contributed by atoms with Crippen LogP contribution in [-0.4, -0.2) is 53.9 Å². The van der Waals surface area contributed by atoms with Crippen molar-refractivity contribution in [3.8, 4) is 0 Å². The maximum Gasteiger partial charge on any atom is 0.314 e. The van der Waals surface area contributed by atoms with E-state index >= 15 is 0 Å². The molecule has 0 aromatic carbocycles. The molecule has 0 radical (unpaired) electrons. The Morgan fingerprint density at radius 3 is 2.35 bits per heavy atom. The van der Waals surface area contributed by atoms with Gasteiger partial charge in [-0.2, -0.15) is 0 Å². The zero-order valence-corrected chi connectivity index (χ0v) is 14.9. The summed E-state index contributed by atoms with van der Waals surface area (Å²) < 4.78 is 10.0. The fourth-order valence-electron chi connectivity index (χ4n) is 1.71. The van der Waals surface area contributed by atoms with E-state index in [4.69, 9.17) is 9.47 Å². The Morgan fingerprint density at radius 2 is 1.87 bits per heavy atom. The minimum Gasteiger partial charge on any atom is -0.466 e. The molecule has 8 heteroatoms. The number of rotatable bonds is 11. The zero-order valence-electron chi connectivity index (χ0n) is 14.0. The number of amides is 1. The van der Waals surface area contributed by atoms with E-state index in [1.807, 2.05) is 0 Å². The number of esters is 1. The lowest BCUT2D eigenvalue weighted by Crippen LogP contribution is -2.59. The van der Waals surface area contributed by atoms with Crippen LogP contribution in [0.15, 0.2) is 0 Å². The van der Waals surface area contributed by atoms with Crippen molar-refractivity contribution in [2.45, 2.75) is 51.3 Å². The third-order valence-corrected chi connectivity index (χ3v) is 4.26. The molecule has 0 saturated heterocycles. The normalized spacial score (nSPS) is 14.4. The number of ether oxygens (including phenoxy) is 2. The molecule has 0 aromatic heterocycles. The summed E-state index contributed by atoms with van der Waals surface area (Å²) in [5.74, 6) is -0.932. The van der Waals surface area contributed by atoms with Crippen LogP contribution in [0.5, 0.6) is 0 Å². The van der Waals surface area contributed by atoms with Gasteiger partial charge in [0.25, 0.3) is 0 Å². The molecule has 7 nitrogen and oxygen atoms in total. The van der Waals surface area contributed by atoms with Crippen LogP contribution >= 0.6 is 11.8 Å². The summed E-state index contributed by atoms with van der Waals surface area (Å²) in [6.07, 6.45) is 0.412. The summed E-state index contributed by atoms with van der Waals surface area (Å²) in [7, 11) is 0. The van der Waals surface area contributed by atoms with Crippen molar-refractivity contribution >= 4 is 35.0 Å². The van der Waals surface area contributed by atoms with E-state index in [1.165, 1.54) is 0 Å². The van der Waals surface area contributed by atoms with E-state index in [9.17, 15) is 19.2 Å². The molecule has 0 bridgehead atoms. The SMILES string of the molecule is CCOCC(C=O)(NC(=O)CC)C(C)SC(=O)CC(=O)OCC. The average Bonchev–Trinajstić information content (AvgIpc) is 2.50. The molecule has 0 aliphatic carbocycles. The van der Waals surface area contributed by atoms with Gasteiger partial charge in [-0.25, -0.2) is 0 Å². The summed E-state index contributed by atoms with van der Waals surface area (Å²) in [6.45, 7) is 7.23. The largest absolute Gasteiger partial charge is 0.466 e. The Labute approximate surface area is 140 Å². The molecule has 1 N–H and O–H groups in total. The van der Waals surface area contributed by atoms with Crippen LogP contribution in [0.2, 0.25) is 0 Å². The first-order valence-electron chi connectivity index (χ1n) is 7.55. The second-order valence-corrected chi connectivity index (χ2v) is 6.21. The van der Waals surface area contributed by atoms with Crippen molar-refractivity contribution in [1.82, 2.24) is 5.32 Å². The second-order valence-electron chi connectivity index (χ2n) is 4.81. The molecule has 0 aliphatic heterocycles. The van der Waals surface area contributed by atoms with Gasteiger partial charge < -0.3 is 19.6 Å². The number of carbonyl (C=O) groups is 4. The van der Waals surface area contributed by atoms with Crippen molar-refractivity contribution < 1.29 is 28.7 Å². The number of carbonyl (C=O) groups excluding carboxylic acids is 4. The van der Waals surface area contributed by atoms with Crippen molar-refractivity contribution in [2.75, 3.05) is 19.8 Å². The average molecular weight is 347 g/mol. The fourth-order valence-corrected chi connectivity index (χ4v) is 2.70. The van der Waals surface area contributed by atoms with E-state index in [1.54, 1.807) is 27.7 Å². The third-order valence-electron chi connectivity index (χ3n) is 3.08. The highest BCUT2D eigenvalue weighted by Crippen LogP contribution is 2.25. The minimum atomic E-state index is -1.32. The smallest absolute Gasteiger partial charge is 0.314 e. The summed E-state index contributed by atoms with van der Waals surface area (Å²) in [5.41, 5.74) is -1.32. The number of nitrogens with one attached hydrogen (secondary N) is 1.